The molecule has 0 unspecified atom stereocenters. The summed E-state index contributed by atoms with van der Waals surface area (Å²) in [5.41, 5.74) is 5.84. The summed E-state index contributed by atoms with van der Waals surface area (Å²) in [6.07, 6.45) is 0. The van der Waals surface area contributed by atoms with E-state index >= 15 is 0 Å². The van der Waals surface area contributed by atoms with Gasteiger partial charge in [-0.3, -0.25) is 0 Å². The Labute approximate surface area is 192 Å². The van der Waals surface area contributed by atoms with Crippen LogP contribution >= 0.6 is 0 Å². The van der Waals surface area contributed by atoms with Gasteiger partial charge < -0.3 is 5.32 Å². The van der Waals surface area contributed by atoms with Gasteiger partial charge in [-0.15, -0.1) is 0 Å². The van der Waals surface area contributed by atoms with Gasteiger partial charge in [0.1, 0.15) is 6.07 Å². The number of hydrogen-bond donors (Lipinski definition) is 1. The summed E-state index contributed by atoms with van der Waals surface area (Å²) < 4.78 is 0. The number of fused-ring (bicyclic) bond motifs is 4. The Hall–Kier alpha value is -4.68. The minimum absolute atomic E-state index is 0.579. The van der Waals surface area contributed by atoms with E-state index in [0.717, 1.165) is 55.5 Å². The van der Waals surface area contributed by atoms with Crippen molar-refractivity contribution in [1.29, 1.82) is 5.26 Å². The SMILES string of the molecule is N#C/C(=C1/Nc2c(ccc3ccccc23)C1=Nc1cccc2ccccc12)c1ccccc1. The summed E-state index contributed by atoms with van der Waals surface area (Å²) in [5, 5.41) is 18.2. The Kier molecular flexibility index (Phi) is 4.49. The summed E-state index contributed by atoms with van der Waals surface area (Å²) in [7, 11) is 0. The zero-order valence-corrected chi connectivity index (χ0v) is 17.8. The molecule has 33 heavy (non-hydrogen) atoms. The molecule has 0 saturated heterocycles. The second-order valence-electron chi connectivity index (χ2n) is 8.02. The monoisotopic (exact) mass is 421 g/mol. The van der Waals surface area contributed by atoms with Gasteiger partial charge in [-0.2, -0.15) is 5.26 Å². The van der Waals surface area contributed by atoms with Crippen LogP contribution in [0.3, 0.4) is 0 Å². The molecule has 3 nitrogen and oxygen atoms in total. The Morgan fingerprint density at radius 2 is 1.33 bits per heavy atom. The van der Waals surface area contributed by atoms with Crippen molar-refractivity contribution in [2.24, 2.45) is 4.99 Å². The topological polar surface area (TPSA) is 48.2 Å². The van der Waals surface area contributed by atoms with E-state index in [9.17, 15) is 5.26 Å². The number of rotatable bonds is 2. The number of allylic oxidation sites excluding steroid dienone is 2. The Bertz CT molecular complexity index is 1630. The molecule has 1 aliphatic rings. The predicted octanol–water partition coefficient (Wildman–Crippen LogP) is 7.47. The van der Waals surface area contributed by atoms with Gasteiger partial charge >= 0.3 is 0 Å². The molecule has 5 aromatic carbocycles. The molecule has 0 aromatic heterocycles. The van der Waals surface area contributed by atoms with Gasteiger partial charge in [0.15, 0.2) is 0 Å². The second kappa shape index (κ2) is 7.78. The van der Waals surface area contributed by atoms with Gasteiger partial charge in [0.05, 0.1) is 28.4 Å². The van der Waals surface area contributed by atoms with Crippen molar-refractivity contribution in [3.05, 3.63) is 126 Å². The lowest BCUT2D eigenvalue weighted by Crippen LogP contribution is -2.05. The van der Waals surface area contributed by atoms with Crippen LogP contribution in [0.4, 0.5) is 11.4 Å². The lowest BCUT2D eigenvalue weighted by molar-refractivity contribution is 1.49. The third kappa shape index (κ3) is 3.17. The van der Waals surface area contributed by atoms with Crippen molar-refractivity contribution in [3.63, 3.8) is 0 Å². The van der Waals surface area contributed by atoms with E-state index in [1.54, 1.807) is 0 Å². The van der Waals surface area contributed by atoms with Crippen molar-refractivity contribution in [3.8, 4) is 6.07 Å². The third-order valence-electron chi connectivity index (χ3n) is 6.09. The van der Waals surface area contributed by atoms with Crippen LogP contribution in [-0.4, -0.2) is 5.71 Å². The summed E-state index contributed by atoms with van der Waals surface area (Å²) in [5.74, 6) is 0. The molecule has 0 radical (unpaired) electrons. The van der Waals surface area contributed by atoms with Crippen LogP contribution in [0.25, 0.3) is 27.1 Å². The maximum Gasteiger partial charge on any atom is 0.102 e. The van der Waals surface area contributed by atoms with E-state index in [4.69, 9.17) is 4.99 Å². The molecule has 0 amide bonds. The highest BCUT2D eigenvalue weighted by molar-refractivity contribution is 6.29. The molecule has 0 spiro atoms. The maximum absolute atomic E-state index is 10.2. The lowest BCUT2D eigenvalue weighted by atomic mass is 9.99. The molecule has 1 N–H and O–H groups in total. The fourth-order valence-electron chi connectivity index (χ4n) is 4.52. The normalized spacial score (nSPS) is 15.3. The molecule has 0 bridgehead atoms. The highest BCUT2D eigenvalue weighted by Gasteiger charge is 2.28. The van der Waals surface area contributed by atoms with Crippen molar-refractivity contribution < 1.29 is 0 Å². The van der Waals surface area contributed by atoms with Gasteiger partial charge in [-0.25, -0.2) is 4.99 Å². The molecule has 0 atom stereocenters. The number of nitrogens with zero attached hydrogens (tertiary/aromatic N) is 2. The third-order valence-corrected chi connectivity index (χ3v) is 6.09. The smallest absolute Gasteiger partial charge is 0.102 e. The zero-order valence-electron chi connectivity index (χ0n) is 17.8. The second-order valence-corrected chi connectivity index (χ2v) is 8.02. The van der Waals surface area contributed by atoms with Crippen LogP contribution in [0.2, 0.25) is 0 Å². The molecule has 1 heterocycles. The van der Waals surface area contributed by atoms with Gasteiger partial charge in [0.2, 0.25) is 0 Å². The molecule has 0 fully saturated rings. The molecular weight excluding hydrogens is 402 g/mol. The predicted molar refractivity (Wildman–Crippen MR) is 137 cm³/mol. The number of hydrogen-bond acceptors (Lipinski definition) is 3. The Morgan fingerprint density at radius 3 is 2.12 bits per heavy atom. The van der Waals surface area contributed by atoms with Crippen LogP contribution < -0.4 is 5.32 Å². The van der Waals surface area contributed by atoms with Crippen LogP contribution in [0.1, 0.15) is 11.1 Å². The Morgan fingerprint density at radius 1 is 0.667 bits per heavy atom. The largest absolute Gasteiger partial charge is 0.352 e. The number of benzene rings is 5. The van der Waals surface area contributed by atoms with E-state index in [1.165, 1.54) is 0 Å². The number of nitrogens with one attached hydrogen (secondary N) is 1. The lowest BCUT2D eigenvalue weighted by Gasteiger charge is -2.08. The average Bonchev–Trinajstić information content (AvgIpc) is 3.24. The van der Waals surface area contributed by atoms with Gasteiger partial charge in [0.25, 0.3) is 0 Å². The van der Waals surface area contributed by atoms with Crippen molar-refractivity contribution >= 4 is 44.2 Å². The quantitative estimate of drug-likeness (QED) is 0.300. The van der Waals surface area contributed by atoms with Crippen LogP contribution in [-0.2, 0) is 0 Å². The minimum Gasteiger partial charge on any atom is -0.352 e. The van der Waals surface area contributed by atoms with Crippen molar-refractivity contribution in [2.75, 3.05) is 5.32 Å². The van der Waals surface area contributed by atoms with E-state index in [2.05, 4.69) is 53.9 Å². The molecular formula is C30H19N3. The minimum atomic E-state index is 0.579. The molecule has 0 aliphatic carbocycles. The Balaban J connectivity index is 1.67. The maximum atomic E-state index is 10.2. The van der Waals surface area contributed by atoms with Gasteiger partial charge in [-0.1, -0.05) is 97.1 Å². The molecule has 154 valence electrons. The van der Waals surface area contributed by atoms with Crippen LogP contribution in [0, 0.1) is 11.3 Å². The molecule has 0 saturated carbocycles. The molecule has 1 aliphatic heterocycles. The average molecular weight is 422 g/mol. The van der Waals surface area contributed by atoms with E-state index in [1.807, 2.05) is 66.7 Å². The molecule has 3 heteroatoms. The van der Waals surface area contributed by atoms with E-state index in [-0.39, 0.29) is 0 Å². The fourth-order valence-corrected chi connectivity index (χ4v) is 4.52. The van der Waals surface area contributed by atoms with Crippen LogP contribution in [0.5, 0.6) is 0 Å². The van der Waals surface area contributed by atoms with Crippen molar-refractivity contribution in [2.45, 2.75) is 0 Å². The van der Waals surface area contributed by atoms with E-state index in [0.29, 0.717) is 5.57 Å². The summed E-state index contributed by atoms with van der Waals surface area (Å²) in [6.45, 7) is 0. The molecule has 5 aromatic rings. The summed E-state index contributed by atoms with van der Waals surface area (Å²) >= 11 is 0. The van der Waals surface area contributed by atoms with Gasteiger partial charge in [0, 0.05) is 16.3 Å². The zero-order chi connectivity index (χ0) is 22.2. The first-order chi connectivity index (χ1) is 16.3. The van der Waals surface area contributed by atoms with Crippen molar-refractivity contribution in [1.82, 2.24) is 0 Å². The molecule has 6 rings (SSSR count). The van der Waals surface area contributed by atoms with Gasteiger partial charge in [-0.05, 0) is 28.5 Å². The highest BCUT2D eigenvalue weighted by atomic mass is 15.0. The first-order valence-corrected chi connectivity index (χ1v) is 10.9. The number of nitriles is 1. The first-order valence-electron chi connectivity index (χ1n) is 10.9. The fraction of sp³-hybridized carbons (Fsp3) is 0. The summed E-state index contributed by atoms with van der Waals surface area (Å²) in [6, 6.07) is 39.1. The highest BCUT2D eigenvalue weighted by Crippen LogP contribution is 2.40. The standard InChI is InChI=1S/C30H19N3/c31-19-26(21-9-2-1-3-10-21)30-29(32-27-16-8-13-20-11-4-6-14-23(20)27)25-18-17-22-12-5-7-15-24(22)28(25)33-30/h1-18,33H/b30-26-,32-29?. The first kappa shape index (κ1) is 19.0. The van der Waals surface area contributed by atoms with E-state index < -0.39 is 0 Å². The van der Waals surface area contributed by atoms with Crippen LogP contribution in [0.15, 0.2) is 120 Å². The number of aliphatic imine (C=N–C) groups is 1. The number of anilines is 1. The summed E-state index contributed by atoms with van der Waals surface area (Å²) in [4.78, 5) is 5.16.